The highest BCUT2D eigenvalue weighted by molar-refractivity contribution is 7.85. The number of hydrogen-bond acceptors (Lipinski definition) is 9. The van der Waals surface area contributed by atoms with Gasteiger partial charge in [-0.3, -0.25) is 4.18 Å². The lowest BCUT2D eigenvalue weighted by atomic mass is 9.85. The molecule has 14 heteroatoms. The standard InChI is InChI=1S/C11H18F2O3.C10H18O5S.C2H4F2O.CH4/c12-10(13)8-14-7-9-1-3-11(4-2-9)15-5-6-16-11;1-16(11,12)15-8-9-2-4-10(5-3-9)13-6-7-14-10;3-2(4)1-5;/h9-10H,1-8H2;9H,2-8H2,1H3;2,5H,1H2;1H4. The van der Waals surface area contributed by atoms with Gasteiger partial charge in [0.05, 0.1) is 39.3 Å². The molecule has 4 rings (SSSR count). The minimum atomic E-state index is -3.31. The van der Waals surface area contributed by atoms with Gasteiger partial charge in [-0.2, -0.15) is 8.42 Å². The summed E-state index contributed by atoms with van der Waals surface area (Å²) in [7, 11) is -3.31. The summed E-state index contributed by atoms with van der Waals surface area (Å²) < 4.78 is 98.6. The molecular weight excluding hydrogens is 540 g/mol. The lowest BCUT2D eigenvalue weighted by Crippen LogP contribution is -2.36. The van der Waals surface area contributed by atoms with Crippen molar-refractivity contribution in [3.8, 4) is 0 Å². The van der Waals surface area contributed by atoms with E-state index in [0.717, 1.165) is 57.6 Å². The van der Waals surface area contributed by atoms with Crippen LogP contribution in [0.1, 0.15) is 58.8 Å². The van der Waals surface area contributed by atoms with Crippen LogP contribution in [0.4, 0.5) is 17.6 Å². The molecule has 0 radical (unpaired) electrons. The summed E-state index contributed by atoms with van der Waals surface area (Å²) in [4.78, 5) is 0. The molecule has 0 aromatic carbocycles. The smallest absolute Gasteiger partial charge is 0.264 e. The summed E-state index contributed by atoms with van der Waals surface area (Å²) in [6.07, 6.45) is 3.21. The summed E-state index contributed by atoms with van der Waals surface area (Å²) in [5.41, 5.74) is 0. The molecule has 0 aromatic heterocycles. The first-order valence-electron chi connectivity index (χ1n) is 12.6. The molecule has 2 saturated carbocycles. The Balaban J connectivity index is 0.000000317. The monoisotopic (exact) mass is 584 g/mol. The van der Waals surface area contributed by atoms with Crippen LogP contribution >= 0.6 is 0 Å². The molecule has 2 saturated heterocycles. The van der Waals surface area contributed by atoms with Gasteiger partial charge in [-0.15, -0.1) is 0 Å². The fraction of sp³-hybridized carbons (Fsp3) is 1.00. The SMILES string of the molecule is C.CS(=O)(=O)OCC1CCC2(CC1)OCCO2.FC(F)COCC1CCC2(CC1)OCCO2.OCC(F)F. The van der Waals surface area contributed by atoms with Crippen molar-refractivity contribution in [3.63, 3.8) is 0 Å². The van der Waals surface area contributed by atoms with E-state index in [1.807, 2.05) is 0 Å². The molecule has 0 bridgehead atoms. The summed E-state index contributed by atoms with van der Waals surface area (Å²) in [5, 5.41) is 7.39. The van der Waals surface area contributed by atoms with Gasteiger partial charge in [0.25, 0.3) is 23.0 Å². The first-order chi connectivity index (χ1) is 17.5. The zero-order chi connectivity index (χ0) is 27.4. The zero-order valence-corrected chi connectivity index (χ0v) is 22.1. The first kappa shape index (κ1) is 35.4. The maximum absolute atomic E-state index is 11.9. The predicted molar refractivity (Wildman–Crippen MR) is 131 cm³/mol. The molecule has 2 aliphatic heterocycles. The van der Waals surface area contributed by atoms with Crippen molar-refractivity contribution in [2.75, 3.05) is 59.1 Å². The second kappa shape index (κ2) is 17.3. The Morgan fingerprint density at radius 3 is 1.47 bits per heavy atom. The quantitative estimate of drug-likeness (QED) is 0.335. The number of ether oxygens (including phenoxy) is 5. The maximum atomic E-state index is 11.9. The molecule has 2 heterocycles. The van der Waals surface area contributed by atoms with Gasteiger partial charge in [0.15, 0.2) is 11.6 Å². The Morgan fingerprint density at radius 2 is 1.16 bits per heavy atom. The van der Waals surface area contributed by atoms with Crippen LogP contribution in [-0.4, -0.2) is 97.1 Å². The van der Waals surface area contributed by atoms with Crippen LogP contribution in [0.2, 0.25) is 0 Å². The van der Waals surface area contributed by atoms with Gasteiger partial charge in [0.1, 0.15) is 13.2 Å². The van der Waals surface area contributed by atoms with Crippen molar-refractivity contribution in [2.45, 2.75) is 83.2 Å². The molecule has 38 heavy (non-hydrogen) atoms. The van der Waals surface area contributed by atoms with E-state index in [-0.39, 0.29) is 25.6 Å². The van der Waals surface area contributed by atoms with E-state index >= 15 is 0 Å². The van der Waals surface area contributed by atoms with Crippen LogP contribution in [-0.2, 0) is 38.0 Å². The lowest BCUT2D eigenvalue weighted by molar-refractivity contribution is -0.185. The van der Waals surface area contributed by atoms with E-state index in [9.17, 15) is 26.0 Å². The molecule has 228 valence electrons. The van der Waals surface area contributed by atoms with Crippen molar-refractivity contribution in [3.05, 3.63) is 0 Å². The second-order valence-corrected chi connectivity index (χ2v) is 11.2. The zero-order valence-electron chi connectivity index (χ0n) is 21.3. The van der Waals surface area contributed by atoms with Crippen LogP contribution in [0.25, 0.3) is 0 Å². The second-order valence-electron chi connectivity index (χ2n) is 9.59. The Morgan fingerprint density at radius 1 is 0.789 bits per heavy atom. The number of aliphatic hydroxyl groups excluding tert-OH is 1. The fourth-order valence-corrected chi connectivity index (χ4v) is 5.12. The summed E-state index contributed by atoms with van der Waals surface area (Å²) in [6, 6.07) is 0. The fourth-order valence-electron chi connectivity index (χ4n) is 4.68. The minimum absolute atomic E-state index is 0. The Labute approximate surface area is 223 Å². The van der Waals surface area contributed by atoms with Crippen LogP contribution in [0, 0.1) is 11.8 Å². The molecular formula is C24H44F4O9S. The summed E-state index contributed by atoms with van der Waals surface area (Å²) in [5.74, 6) is -0.0637. The van der Waals surface area contributed by atoms with Gasteiger partial charge in [-0.1, -0.05) is 7.43 Å². The number of hydrogen-bond donors (Lipinski definition) is 1. The average Bonchev–Trinajstić information content (AvgIpc) is 3.50. The van der Waals surface area contributed by atoms with E-state index < -0.39 is 36.2 Å². The average molecular weight is 585 g/mol. The van der Waals surface area contributed by atoms with Gasteiger partial charge in [0, 0.05) is 32.3 Å². The predicted octanol–water partition coefficient (Wildman–Crippen LogP) is 3.98. The van der Waals surface area contributed by atoms with E-state index in [0.29, 0.717) is 44.9 Å². The summed E-state index contributed by atoms with van der Waals surface area (Å²) >= 11 is 0. The molecule has 9 nitrogen and oxygen atoms in total. The van der Waals surface area contributed by atoms with E-state index in [4.69, 9.17) is 33.0 Å². The van der Waals surface area contributed by atoms with Crippen LogP contribution in [0.15, 0.2) is 0 Å². The van der Waals surface area contributed by atoms with E-state index in [1.165, 1.54) is 0 Å². The number of aliphatic hydroxyl groups is 1. The van der Waals surface area contributed by atoms with Crippen LogP contribution in [0.5, 0.6) is 0 Å². The van der Waals surface area contributed by atoms with E-state index in [1.54, 1.807) is 0 Å². The van der Waals surface area contributed by atoms with Crippen molar-refractivity contribution in [1.29, 1.82) is 0 Å². The molecule has 0 amide bonds. The topological polar surface area (TPSA) is 110 Å². The number of alkyl halides is 4. The summed E-state index contributed by atoms with van der Waals surface area (Å²) in [6.45, 7) is 1.93. The minimum Gasteiger partial charge on any atom is -0.390 e. The Kier molecular flexibility index (Phi) is 16.1. The van der Waals surface area contributed by atoms with Gasteiger partial charge in [0.2, 0.25) is 0 Å². The third kappa shape index (κ3) is 13.6. The van der Waals surface area contributed by atoms with Gasteiger partial charge in [-0.05, 0) is 37.5 Å². The normalized spacial score (nSPS) is 24.6. The highest BCUT2D eigenvalue weighted by atomic mass is 32.2. The first-order valence-corrected chi connectivity index (χ1v) is 14.4. The molecule has 1 N–H and O–H groups in total. The maximum Gasteiger partial charge on any atom is 0.264 e. The van der Waals surface area contributed by atoms with E-state index in [2.05, 4.69) is 0 Å². The van der Waals surface area contributed by atoms with Crippen LogP contribution < -0.4 is 0 Å². The van der Waals surface area contributed by atoms with Crippen molar-refractivity contribution >= 4 is 10.1 Å². The largest absolute Gasteiger partial charge is 0.390 e. The Bertz CT molecular complexity index is 710. The van der Waals surface area contributed by atoms with Crippen molar-refractivity contribution < 1.29 is 59.0 Å². The highest BCUT2D eigenvalue weighted by Crippen LogP contribution is 2.39. The van der Waals surface area contributed by atoms with Gasteiger partial charge >= 0.3 is 0 Å². The van der Waals surface area contributed by atoms with Crippen LogP contribution in [0.3, 0.4) is 0 Å². The molecule has 2 spiro atoms. The third-order valence-electron chi connectivity index (χ3n) is 6.61. The lowest BCUT2D eigenvalue weighted by Gasteiger charge is -2.35. The van der Waals surface area contributed by atoms with Gasteiger partial charge < -0.3 is 28.8 Å². The molecule has 2 aliphatic carbocycles. The number of rotatable bonds is 8. The molecule has 0 atom stereocenters. The Hall–Kier alpha value is -0.610. The molecule has 0 aromatic rings. The van der Waals surface area contributed by atoms with Crippen molar-refractivity contribution in [2.24, 2.45) is 11.8 Å². The molecule has 4 fully saturated rings. The van der Waals surface area contributed by atoms with Crippen molar-refractivity contribution in [1.82, 2.24) is 0 Å². The molecule has 0 unspecified atom stereocenters. The third-order valence-corrected chi connectivity index (χ3v) is 7.18. The highest BCUT2D eigenvalue weighted by Gasteiger charge is 2.41. The number of halogens is 4. The van der Waals surface area contributed by atoms with Gasteiger partial charge in [-0.25, -0.2) is 17.6 Å². The molecule has 4 aliphatic rings.